The predicted molar refractivity (Wildman–Crippen MR) is 342 cm³/mol. The molecular weight excluding hydrogens is 1340 g/mol. The number of ether oxygens (including phenoxy) is 10. The van der Waals surface area contributed by atoms with Crippen molar-refractivity contribution < 1.29 is 162 Å². The molecule has 0 spiro atoms. The van der Waals surface area contributed by atoms with Crippen LogP contribution in [0.15, 0.2) is 24.3 Å². The fourth-order valence-electron chi connectivity index (χ4n) is 12.0. The average Bonchev–Trinajstić information content (AvgIpc) is 0.760. The summed E-state index contributed by atoms with van der Waals surface area (Å²) in [5, 5.41) is 183. The second kappa shape index (κ2) is 45.8. The number of aliphatic hydroxyl groups excluding tert-OH is 17. The van der Waals surface area contributed by atoms with Crippen LogP contribution in [0.1, 0.15) is 168 Å². The van der Waals surface area contributed by atoms with E-state index < -0.39 is 225 Å². The van der Waals surface area contributed by atoms with Crippen LogP contribution in [-0.4, -0.2) is 309 Å². The molecule has 5 fully saturated rings. The highest BCUT2D eigenvalue weighted by Gasteiger charge is 2.59. The number of esters is 2. The molecule has 12 unspecified atom stereocenters. The Morgan fingerprint density at radius 1 is 0.404 bits per heavy atom. The molecule has 5 rings (SSSR count). The van der Waals surface area contributed by atoms with E-state index in [1.807, 2.05) is 0 Å². The Balaban J connectivity index is 1.31. The van der Waals surface area contributed by atoms with E-state index in [4.69, 9.17) is 56.4 Å². The van der Waals surface area contributed by atoms with Crippen LogP contribution in [-0.2, 0) is 70.6 Å². The van der Waals surface area contributed by atoms with Gasteiger partial charge in [-0.25, -0.2) is 4.57 Å². The second-order valence-corrected chi connectivity index (χ2v) is 27.6. The zero-order valence-corrected chi connectivity index (χ0v) is 57.6. The van der Waals surface area contributed by atoms with E-state index in [1.54, 1.807) is 0 Å². The number of rotatable bonds is 46. The van der Waals surface area contributed by atoms with Crippen LogP contribution in [0.3, 0.4) is 0 Å². The van der Waals surface area contributed by atoms with Gasteiger partial charge in [-0.3, -0.25) is 18.6 Å². The van der Waals surface area contributed by atoms with Crippen molar-refractivity contribution in [3.05, 3.63) is 24.3 Å². The van der Waals surface area contributed by atoms with Crippen LogP contribution in [0, 0.1) is 0 Å². The third-order valence-corrected chi connectivity index (χ3v) is 19.2. The predicted octanol–water partition coefficient (Wildman–Crippen LogP) is -1.43. The molecule has 0 aromatic heterocycles. The molecule has 0 bridgehead atoms. The van der Waals surface area contributed by atoms with Crippen LogP contribution < -0.4 is 0 Å². The molecule has 4 aliphatic heterocycles. The van der Waals surface area contributed by atoms with Crippen LogP contribution in [0.25, 0.3) is 0 Å². The standard InChI is InChI=1S/C65H115O33P/c1-3-5-7-9-11-13-15-17-19-21-23-25-27-29-42(68)87-33-37(91-43(69)30-28-26-24-22-20-18-16-14-12-10-8-6-4-2)34-90-99(85,86)98-61-59(96-64-57(83)49(75)45(71)39(32-67)93-64)53(79)52(78)54(80)60(61)97-65-58(84)51(77)47(73)41(95-65)36-89-63-56(82)50(76)46(72)40(94-63)35-88-62-55(81)48(74)44(70)38(31-66)92-62/h8,10,14,16,37-41,44-67,70-84H,3-7,9,11-13,15,17-36H2,1-2H3,(H,85,86)/b10-8-,16-14-/t37-,38?,39?,40?,41?,44+,45-,46+,47+,48?,49?,50?,51?,52+,53?,54?,55+,56+,57-,58+,59-,60?,61+,62-,63-,64-,65+/m1/s1. The van der Waals surface area contributed by atoms with Crippen molar-refractivity contribution in [1.82, 2.24) is 0 Å². The number of phosphoric ester groups is 1. The lowest BCUT2D eigenvalue weighted by Gasteiger charge is -2.49. The van der Waals surface area contributed by atoms with Gasteiger partial charge in [-0.15, -0.1) is 0 Å². The van der Waals surface area contributed by atoms with Gasteiger partial charge < -0.3 is 139 Å². The van der Waals surface area contributed by atoms with E-state index in [9.17, 15) is 106 Å². The molecule has 1 aliphatic carbocycles. The highest BCUT2D eigenvalue weighted by atomic mass is 31.2. The van der Waals surface area contributed by atoms with E-state index in [1.165, 1.54) is 44.9 Å². The van der Waals surface area contributed by atoms with E-state index in [0.29, 0.717) is 19.3 Å². The summed E-state index contributed by atoms with van der Waals surface area (Å²) < 4.78 is 81.3. The van der Waals surface area contributed by atoms with E-state index in [-0.39, 0.29) is 12.8 Å². The van der Waals surface area contributed by atoms with Crippen molar-refractivity contribution in [3.63, 3.8) is 0 Å². The molecule has 33 nitrogen and oxygen atoms in total. The molecule has 4 heterocycles. The zero-order chi connectivity index (χ0) is 72.8. The van der Waals surface area contributed by atoms with Gasteiger partial charge in [-0.05, 0) is 38.5 Å². The van der Waals surface area contributed by atoms with Gasteiger partial charge in [-0.2, -0.15) is 0 Å². The summed E-state index contributed by atoms with van der Waals surface area (Å²) in [6, 6.07) is 0. The Bertz CT molecular complexity index is 2330. The summed E-state index contributed by atoms with van der Waals surface area (Å²) in [6.45, 7) is -1.01. The van der Waals surface area contributed by atoms with E-state index in [2.05, 4.69) is 38.2 Å². The molecule has 578 valence electrons. The Labute approximate surface area is 577 Å². The number of aliphatic hydroxyl groups is 17. The van der Waals surface area contributed by atoms with Crippen molar-refractivity contribution in [1.29, 1.82) is 0 Å². The lowest BCUT2D eigenvalue weighted by Crippen LogP contribution is -2.69. The Morgan fingerprint density at radius 3 is 1.23 bits per heavy atom. The maximum absolute atomic E-state index is 14.4. The van der Waals surface area contributed by atoms with Crippen LogP contribution in [0.5, 0.6) is 0 Å². The molecule has 34 heteroatoms. The highest BCUT2D eigenvalue weighted by Crippen LogP contribution is 2.49. The first-order chi connectivity index (χ1) is 47.3. The molecule has 28 atom stereocenters. The minimum absolute atomic E-state index is 0.00576. The van der Waals surface area contributed by atoms with Gasteiger partial charge in [0.05, 0.1) is 33.0 Å². The number of carbonyl (C=O) groups is 2. The van der Waals surface area contributed by atoms with Crippen molar-refractivity contribution in [2.45, 2.75) is 333 Å². The summed E-state index contributed by atoms with van der Waals surface area (Å²) in [5.74, 6) is -1.46. The van der Waals surface area contributed by atoms with Crippen molar-refractivity contribution in [2.24, 2.45) is 0 Å². The first-order valence-electron chi connectivity index (χ1n) is 35.2. The van der Waals surface area contributed by atoms with Crippen LogP contribution >= 0.6 is 7.82 Å². The number of phosphoric acid groups is 1. The maximum atomic E-state index is 14.4. The molecule has 1 saturated carbocycles. The zero-order valence-electron chi connectivity index (χ0n) is 56.7. The van der Waals surface area contributed by atoms with Crippen LogP contribution in [0.2, 0.25) is 0 Å². The third-order valence-electron chi connectivity index (χ3n) is 18.2. The summed E-state index contributed by atoms with van der Waals surface area (Å²) in [6.07, 6.45) is -26.2. The van der Waals surface area contributed by atoms with Gasteiger partial charge in [0.2, 0.25) is 0 Å². The Morgan fingerprint density at radius 2 is 0.778 bits per heavy atom. The van der Waals surface area contributed by atoms with Gasteiger partial charge in [0.15, 0.2) is 31.3 Å². The number of carbonyl (C=O) groups excluding carboxylic acids is 2. The van der Waals surface area contributed by atoms with E-state index in [0.717, 1.165) is 77.0 Å². The molecule has 0 aromatic rings. The summed E-state index contributed by atoms with van der Waals surface area (Å²) in [4.78, 5) is 38.1. The molecular formula is C65H115O33P. The minimum atomic E-state index is -5.82. The van der Waals surface area contributed by atoms with Crippen molar-refractivity contribution >= 4 is 19.8 Å². The number of hydrogen-bond acceptors (Lipinski definition) is 32. The maximum Gasteiger partial charge on any atom is 0.472 e. The smallest absolute Gasteiger partial charge is 0.462 e. The minimum Gasteiger partial charge on any atom is -0.462 e. The third kappa shape index (κ3) is 27.8. The van der Waals surface area contributed by atoms with E-state index >= 15 is 0 Å². The fraction of sp³-hybridized carbons (Fsp3) is 0.908. The van der Waals surface area contributed by atoms with Gasteiger partial charge in [-0.1, -0.05) is 141 Å². The van der Waals surface area contributed by atoms with Gasteiger partial charge in [0, 0.05) is 12.8 Å². The van der Waals surface area contributed by atoms with Gasteiger partial charge in [0.25, 0.3) is 0 Å². The Kier molecular flexibility index (Phi) is 40.3. The fourth-order valence-corrected chi connectivity index (χ4v) is 13.0. The number of unbranched alkanes of at least 4 members (excludes halogenated alkanes) is 18. The normalized spacial score (nSPS) is 37.1. The molecule has 0 radical (unpaired) electrons. The van der Waals surface area contributed by atoms with Crippen LogP contribution in [0.4, 0.5) is 0 Å². The first kappa shape index (κ1) is 87.2. The average molecular weight is 1460 g/mol. The number of hydrogen-bond donors (Lipinski definition) is 18. The largest absolute Gasteiger partial charge is 0.472 e. The summed E-state index contributed by atoms with van der Waals surface area (Å²) in [5.41, 5.74) is 0. The molecule has 99 heavy (non-hydrogen) atoms. The first-order valence-corrected chi connectivity index (χ1v) is 36.7. The lowest BCUT2D eigenvalue weighted by atomic mass is 9.84. The lowest BCUT2D eigenvalue weighted by molar-refractivity contribution is -0.365. The number of allylic oxidation sites excluding steroid dienone is 4. The van der Waals surface area contributed by atoms with Crippen molar-refractivity contribution in [2.75, 3.05) is 39.6 Å². The summed E-state index contributed by atoms with van der Waals surface area (Å²) >= 11 is 0. The molecule has 0 amide bonds. The highest BCUT2D eigenvalue weighted by molar-refractivity contribution is 7.47. The molecule has 0 aromatic carbocycles. The SMILES string of the molecule is CCC/C=C\C/C=C\CCCCCCCC(=O)O[C@H](COC(=O)CCCCCCCCCCCCCCC)COP(=O)(O)O[C@@H]1C(O[C@@H]2OC(CO[C@@H]3OC(CO[C@@H]4OC(CO)[C@H](O)C(O)[C@@H]4O)[C@H](O)C(O)[C@@H]3O)[C@H](O)C(O)[C@@H]2O)C(O)[C@@H](O)C(O)[C@H]1O[C@H]1OC(CO)[C@@H](O)C(O)[C@H]1O. The quantitative estimate of drug-likeness (QED) is 0.0144. The monoisotopic (exact) mass is 1450 g/mol. The Hall–Kier alpha value is -2.47. The topological polar surface area (TPSA) is 526 Å². The van der Waals surface area contributed by atoms with Gasteiger partial charge in [0.1, 0.15) is 141 Å². The van der Waals surface area contributed by atoms with Gasteiger partial charge >= 0.3 is 19.8 Å². The second-order valence-electron chi connectivity index (χ2n) is 26.2. The molecule has 18 N–H and O–H groups in total. The van der Waals surface area contributed by atoms with Crippen molar-refractivity contribution in [3.8, 4) is 0 Å². The molecule has 4 saturated heterocycles. The molecule has 5 aliphatic rings. The summed E-state index contributed by atoms with van der Waals surface area (Å²) in [7, 11) is -5.82.